The molecule has 1 fully saturated rings. The third-order valence-electron chi connectivity index (χ3n) is 2.55. The summed E-state index contributed by atoms with van der Waals surface area (Å²) in [7, 11) is 0. The molecular formula is C10H14BrN3O. The molecule has 0 saturated carbocycles. The third kappa shape index (κ3) is 3.43. The molecular weight excluding hydrogens is 258 g/mol. The van der Waals surface area contributed by atoms with E-state index in [-0.39, 0.29) is 0 Å². The lowest BCUT2D eigenvalue weighted by atomic mass is 10.0. The summed E-state index contributed by atoms with van der Waals surface area (Å²) < 4.78 is 6.12. The van der Waals surface area contributed by atoms with Gasteiger partial charge < -0.3 is 10.1 Å². The zero-order valence-electron chi connectivity index (χ0n) is 8.45. The number of hydrogen-bond acceptors (Lipinski definition) is 4. The second-order valence-corrected chi connectivity index (χ2v) is 4.48. The van der Waals surface area contributed by atoms with Gasteiger partial charge in [0.05, 0.1) is 0 Å². The summed E-state index contributed by atoms with van der Waals surface area (Å²) >= 11 is 3.32. The molecule has 1 aromatic rings. The molecule has 1 N–H and O–H groups in total. The van der Waals surface area contributed by atoms with Gasteiger partial charge in [0.25, 0.3) is 0 Å². The highest BCUT2D eigenvalue weighted by Gasteiger charge is 2.13. The molecule has 0 aromatic carbocycles. The van der Waals surface area contributed by atoms with Crippen LogP contribution in [0.1, 0.15) is 12.8 Å². The minimum Gasteiger partial charge on any atom is -0.381 e. The van der Waals surface area contributed by atoms with Gasteiger partial charge in [-0.2, -0.15) is 0 Å². The first-order chi connectivity index (χ1) is 7.34. The van der Waals surface area contributed by atoms with Gasteiger partial charge >= 0.3 is 0 Å². The van der Waals surface area contributed by atoms with E-state index in [0.29, 0.717) is 5.92 Å². The average molecular weight is 272 g/mol. The first kappa shape index (κ1) is 10.8. The fourth-order valence-corrected chi connectivity index (χ4v) is 1.94. The fraction of sp³-hybridized carbons (Fsp3) is 0.600. The summed E-state index contributed by atoms with van der Waals surface area (Å²) in [5.74, 6) is 1.58. The van der Waals surface area contributed by atoms with Gasteiger partial charge in [0.15, 0.2) is 0 Å². The highest BCUT2D eigenvalue weighted by molar-refractivity contribution is 9.10. The molecule has 0 unspecified atom stereocenters. The quantitative estimate of drug-likeness (QED) is 0.856. The van der Waals surface area contributed by atoms with Crippen LogP contribution in [0.3, 0.4) is 0 Å². The van der Waals surface area contributed by atoms with Crippen LogP contribution < -0.4 is 5.32 Å². The van der Waals surface area contributed by atoms with E-state index in [0.717, 1.165) is 43.0 Å². The van der Waals surface area contributed by atoms with Crippen molar-refractivity contribution < 1.29 is 4.74 Å². The van der Waals surface area contributed by atoms with E-state index >= 15 is 0 Å². The number of anilines is 1. The van der Waals surface area contributed by atoms with Crippen molar-refractivity contribution >= 4 is 21.7 Å². The van der Waals surface area contributed by atoms with Crippen molar-refractivity contribution in [3.63, 3.8) is 0 Å². The van der Waals surface area contributed by atoms with Crippen molar-refractivity contribution in [2.75, 3.05) is 25.1 Å². The van der Waals surface area contributed by atoms with Crippen LogP contribution in [0.15, 0.2) is 17.0 Å². The van der Waals surface area contributed by atoms with Crippen LogP contribution in [0, 0.1) is 5.92 Å². The van der Waals surface area contributed by atoms with Gasteiger partial charge in [-0.1, -0.05) is 0 Å². The number of hydrogen-bond donors (Lipinski definition) is 1. The van der Waals surface area contributed by atoms with Crippen LogP contribution in [-0.2, 0) is 4.74 Å². The maximum absolute atomic E-state index is 5.31. The molecule has 0 atom stereocenters. The first-order valence-electron chi connectivity index (χ1n) is 5.14. The normalized spacial score (nSPS) is 17.7. The molecule has 5 heteroatoms. The second kappa shape index (κ2) is 5.42. The third-order valence-corrected chi connectivity index (χ3v) is 2.98. The van der Waals surface area contributed by atoms with E-state index in [1.54, 1.807) is 6.33 Å². The lowest BCUT2D eigenvalue weighted by Crippen LogP contribution is -2.22. The molecule has 2 heterocycles. The number of ether oxygens (including phenoxy) is 1. The zero-order valence-corrected chi connectivity index (χ0v) is 10.0. The lowest BCUT2D eigenvalue weighted by Gasteiger charge is -2.22. The Morgan fingerprint density at radius 2 is 2.20 bits per heavy atom. The van der Waals surface area contributed by atoms with Crippen molar-refractivity contribution in [1.82, 2.24) is 9.97 Å². The molecule has 0 amide bonds. The van der Waals surface area contributed by atoms with Crippen molar-refractivity contribution in [3.05, 3.63) is 17.0 Å². The van der Waals surface area contributed by atoms with Crippen LogP contribution in [0.25, 0.3) is 0 Å². The van der Waals surface area contributed by atoms with Gasteiger partial charge in [-0.25, -0.2) is 9.97 Å². The molecule has 0 bridgehead atoms. The molecule has 0 aliphatic carbocycles. The average Bonchev–Trinajstić information content (AvgIpc) is 2.28. The van der Waals surface area contributed by atoms with Gasteiger partial charge in [0.1, 0.15) is 16.7 Å². The van der Waals surface area contributed by atoms with Crippen molar-refractivity contribution in [2.45, 2.75) is 12.8 Å². The second-order valence-electron chi connectivity index (χ2n) is 3.66. The topological polar surface area (TPSA) is 47.0 Å². The van der Waals surface area contributed by atoms with Crippen molar-refractivity contribution in [3.8, 4) is 0 Å². The molecule has 1 aliphatic heterocycles. The Balaban J connectivity index is 1.81. The summed E-state index contributed by atoms with van der Waals surface area (Å²) in [6.07, 6.45) is 3.83. The molecule has 15 heavy (non-hydrogen) atoms. The van der Waals surface area contributed by atoms with Gasteiger partial charge in [-0.15, -0.1) is 0 Å². The van der Waals surface area contributed by atoms with Gasteiger partial charge in [-0.05, 0) is 34.7 Å². The number of halogens is 1. The van der Waals surface area contributed by atoms with E-state index in [1.807, 2.05) is 6.07 Å². The van der Waals surface area contributed by atoms with E-state index in [4.69, 9.17) is 4.74 Å². The number of nitrogens with zero attached hydrogens (tertiary/aromatic N) is 2. The van der Waals surface area contributed by atoms with Crippen LogP contribution in [-0.4, -0.2) is 29.7 Å². The van der Waals surface area contributed by atoms with Crippen LogP contribution >= 0.6 is 15.9 Å². The summed E-state index contributed by atoms with van der Waals surface area (Å²) in [5, 5.41) is 3.32. The minimum atomic E-state index is 0.701. The molecule has 0 spiro atoms. The molecule has 1 saturated heterocycles. The summed E-state index contributed by atoms with van der Waals surface area (Å²) in [5.41, 5.74) is 0. The lowest BCUT2D eigenvalue weighted by molar-refractivity contribution is 0.0699. The Bertz CT molecular complexity index is 315. The Kier molecular flexibility index (Phi) is 3.91. The standard InChI is InChI=1S/C10H14BrN3O/c11-9-5-10(14-7-13-9)12-6-8-1-3-15-4-2-8/h5,7-8H,1-4,6H2,(H,12,13,14). The Labute approximate surface area is 97.6 Å². The largest absolute Gasteiger partial charge is 0.381 e. The predicted molar refractivity (Wildman–Crippen MR) is 61.8 cm³/mol. The monoisotopic (exact) mass is 271 g/mol. The Morgan fingerprint density at radius 3 is 2.93 bits per heavy atom. The summed E-state index contributed by atoms with van der Waals surface area (Å²) in [6, 6.07) is 1.89. The predicted octanol–water partition coefficient (Wildman–Crippen LogP) is 2.08. The SMILES string of the molecule is Brc1cc(NCC2CCOCC2)ncn1. The van der Waals surface area contributed by atoms with Gasteiger partial charge in [0, 0.05) is 25.8 Å². The maximum Gasteiger partial charge on any atom is 0.130 e. The zero-order chi connectivity index (χ0) is 10.5. The van der Waals surface area contributed by atoms with Gasteiger partial charge in [-0.3, -0.25) is 0 Å². The summed E-state index contributed by atoms with van der Waals surface area (Å²) in [4.78, 5) is 8.12. The number of nitrogens with one attached hydrogen (secondary N) is 1. The molecule has 1 aromatic heterocycles. The molecule has 82 valence electrons. The van der Waals surface area contributed by atoms with Crippen molar-refractivity contribution in [2.24, 2.45) is 5.92 Å². The highest BCUT2D eigenvalue weighted by Crippen LogP contribution is 2.16. The Hall–Kier alpha value is -0.680. The van der Waals surface area contributed by atoms with Crippen LogP contribution in [0.5, 0.6) is 0 Å². The van der Waals surface area contributed by atoms with E-state index in [1.165, 1.54) is 0 Å². The highest BCUT2D eigenvalue weighted by atomic mass is 79.9. The summed E-state index contributed by atoms with van der Waals surface area (Å²) in [6.45, 7) is 2.74. The van der Waals surface area contributed by atoms with E-state index < -0.39 is 0 Å². The van der Waals surface area contributed by atoms with E-state index in [2.05, 4.69) is 31.2 Å². The molecule has 0 radical (unpaired) electrons. The van der Waals surface area contributed by atoms with Crippen LogP contribution in [0.2, 0.25) is 0 Å². The minimum absolute atomic E-state index is 0.701. The smallest absolute Gasteiger partial charge is 0.130 e. The number of aromatic nitrogens is 2. The number of rotatable bonds is 3. The maximum atomic E-state index is 5.31. The molecule has 1 aliphatic rings. The first-order valence-corrected chi connectivity index (χ1v) is 5.93. The molecule has 2 rings (SSSR count). The fourth-order valence-electron chi connectivity index (χ4n) is 1.63. The Morgan fingerprint density at radius 1 is 1.40 bits per heavy atom. The van der Waals surface area contributed by atoms with Gasteiger partial charge in [0.2, 0.25) is 0 Å². The van der Waals surface area contributed by atoms with E-state index in [9.17, 15) is 0 Å². The van der Waals surface area contributed by atoms with Crippen LogP contribution in [0.4, 0.5) is 5.82 Å². The molecule has 4 nitrogen and oxygen atoms in total. The van der Waals surface area contributed by atoms with Crippen molar-refractivity contribution in [1.29, 1.82) is 0 Å².